The summed E-state index contributed by atoms with van der Waals surface area (Å²) in [4.78, 5) is 0. The van der Waals surface area contributed by atoms with Gasteiger partial charge in [-0.2, -0.15) is 0 Å². The molecule has 0 aliphatic carbocycles. The van der Waals surface area contributed by atoms with Gasteiger partial charge in [-0.3, -0.25) is 0 Å². The second-order valence-electron chi connectivity index (χ2n) is 8.50. The minimum Gasteiger partial charge on any atom is -0.497 e. The van der Waals surface area contributed by atoms with Gasteiger partial charge in [0.2, 0.25) is 0 Å². The van der Waals surface area contributed by atoms with Crippen LogP contribution in [0, 0.1) is 0 Å². The van der Waals surface area contributed by atoms with E-state index in [0.29, 0.717) is 6.04 Å². The molecule has 158 valence electrons. The zero-order chi connectivity index (χ0) is 20.5. The van der Waals surface area contributed by atoms with E-state index in [9.17, 15) is 0 Å². The lowest BCUT2D eigenvalue weighted by Crippen LogP contribution is -2.58. The van der Waals surface area contributed by atoms with Gasteiger partial charge < -0.3 is 19.7 Å². The Morgan fingerprint density at radius 1 is 0.828 bits per heavy atom. The van der Waals surface area contributed by atoms with Gasteiger partial charge >= 0.3 is 0 Å². The van der Waals surface area contributed by atoms with Crippen molar-refractivity contribution in [1.29, 1.82) is 0 Å². The predicted molar refractivity (Wildman–Crippen MR) is 120 cm³/mol. The molecule has 0 unspecified atom stereocenters. The number of likely N-dealkylation sites (tertiary alicyclic amines) is 1. The second kappa shape index (κ2) is 10.7. The van der Waals surface area contributed by atoms with Crippen LogP contribution in [-0.4, -0.2) is 50.9 Å². The molecule has 4 nitrogen and oxygen atoms in total. The zero-order valence-corrected chi connectivity index (χ0v) is 18.1. The van der Waals surface area contributed by atoms with Crippen LogP contribution in [0.4, 0.5) is 0 Å². The standard InChI is InChI=1S/C25H37N2O2/c1-28-24-13-9-21(10-14-24)6-3-17-27(19-5-8-23(26)20-27)18-4-7-22-11-15-25(29-2)16-12-22/h9-16,23H,3-8,17-20,26H2,1-2H3/q+1/t23-/m1/s1. The number of hydrogen-bond donors (Lipinski definition) is 1. The Morgan fingerprint density at radius 3 is 1.72 bits per heavy atom. The summed E-state index contributed by atoms with van der Waals surface area (Å²) in [6.07, 6.45) is 7.10. The van der Waals surface area contributed by atoms with Crippen LogP contribution in [0.25, 0.3) is 0 Å². The Hall–Kier alpha value is -2.04. The Balaban J connectivity index is 1.53. The van der Waals surface area contributed by atoms with Crippen molar-refractivity contribution in [3.8, 4) is 11.5 Å². The van der Waals surface area contributed by atoms with Crippen LogP contribution in [-0.2, 0) is 12.8 Å². The Labute approximate surface area is 176 Å². The minimum atomic E-state index is 0.353. The number of quaternary nitrogens is 1. The van der Waals surface area contributed by atoms with Crippen LogP contribution >= 0.6 is 0 Å². The molecule has 4 heteroatoms. The van der Waals surface area contributed by atoms with E-state index in [1.54, 1.807) is 14.2 Å². The third kappa shape index (κ3) is 6.48. The number of nitrogens with zero attached hydrogens (tertiary/aromatic N) is 1. The molecule has 29 heavy (non-hydrogen) atoms. The summed E-state index contributed by atoms with van der Waals surface area (Å²) in [6.45, 7) is 4.86. The molecular formula is C25H37N2O2+. The van der Waals surface area contributed by atoms with E-state index < -0.39 is 0 Å². The van der Waals surface area contributed by atoms with Crippen LogP contribution in [0.2, 0.25) is 0 Å². The molecular weight excluding hydrogens is 360 g/mol. The molecule has 2 aromatic rings. The highest BCUT2D eigenvalue weighted by molar-refractivity contribution is 5.27. The summed E-state index contributed by atoms with van der Waals surface area (Å²) >= 11 is 0. The highest BCUT2D eigenvalue weighted by Gasteiger charge is 2.32. The van der Waals surface area contributed by atoms with E-state index in [1.807, 2.05) is 0 Å². The SMILES string of the molecule is COc1ccc(CCC[N+]2(CCCc3ccc(OC)cc3)CCC[C@@H](N)C2)cc1. The van der Waals surface area contributed by atoms with Gasteiger partial charge in [-0.15, -0.1) is 0 Å². The third-order valence-electron chi connectivity index (χ3n) is 6.34. The van der Waals surface area contributed by atoms with Gasteiger partial charge in [-0.05, 0) is 61.1 Å². The lowest BCUT2D eigenvalue weighted by molar-refractivity contribution is -0.933. The summed E-state index contributed by atoms with van der Waals surface area (Å²) in [5.41, 5.74) is 9.18. The maximum atomic E-state index is 6.40. The Kier molecular flexibility index (Phi) is 7.96. The van der Waals surface area contributed by atoms with Crippen molar-refractivity contribution in [1.82, 2.24) is 0 Å². The molecule has 1 saturated heterocycles. The number of methoxy groups -OCH3 is 2. The molecule has 0 amide bonds. The van der Waals surface area contributed by atoms with Gasteiger partial charge in [0, 0.05) is 12.8 Å². The molecule has 0 radical (unpaired) electrons. The first-order valence-electron chi connectivity index (χ1n) is 11.0. The molecule has 0 aromatic heterocycles. The number of benzene rings is 2. The Bertz CT molecular complexity index is 674. The minimum absolute atomic E-state index is 0.353. The maximum Gasteiger partial charge on any atom is 0.118 e. The number of ether oxygens (including phenoxy) is 2. The van der Waals surface area contributed by atoms with Gasteiger partial charge in [0.1, 0.15) is 11.5 Å². The number of nitrogens with two attached hydrogens (primary N) is 1. The van der Waals surface area contributed by atoms with E-state index in [0.717, 1.165) is 30.9 Å². The quantitative estimate of drug-likeness (QED) is 0.611. The van der Waals surface area contributed by atoms with Crippen molar-refractivity contribution in [3.05, 3.63) is 59.7 Å². The largest absolute Gasteiger partial charge is 0.497 e. The van der Waals surface area contributed by atoms with Gasteiger partial charge in [-0.25, -0.2) is 0 Å². The van der Waals surface area contributed by atoms with E-state index >= 15 is 0 Å². The number of hydrogen-bond acceptors (Lipinski definition) is 3. The lowest BCUT2D eigenvalue weighted by Gasteiger charge is -2.44. The fraction of sp³-hybridized carbons (Fsp3) is 0.520. The summed E-state index contributed by atoms with van der Waals surface area (Å²) in [5.74, 6) is 1.86. The normalized spacial score (nSPS) is 18.4. The summed E-state index contributed by atoms with van der Waals surface area (Å²) in [7, 11) is 3.43. The van der Waals surface area contributed by atoms with Gasteiger partial charge in [0.15, 0.2) is 0 Å². The second-order valence-corrected chi connectivity index (χ2v) is 8.50. The maximum absolute atomic E-state index is 6.40. The molecule has 0 saturated carbocycles. The monoisotopic (exact) mass is 397 g/mol. The van der Waals surface area contributed by atoms with E-state index in [2.05, 4.69) is 48.5 Å². The number of rotatable bonds is 10. The topological polar surface area (TPSA) is 44.5 Å². The van der Waals surface area contributed by atoms with Crippen LogP contribution < -0.4 is 15.2 Å². The van der Waals surface area contributed by atoms with Crippen molar-refractivity contribution in [2.24, 2.45) is 5.73 Å². The highest BCUT2D eigenvalue weighted by Crippen LogP contribution is 2.22. The van der Waals surface area contributed by atoms with Crippen LogP contribution in [0.1, 0.15) is 36.8 Å². The average molecular weight is 398 g/mol. The van der Waals surface area contributed by atoms with Crippen LogP contribution in [0.5, 0.6) is 11.5 Å². The van der Waals surface area contributed by atoms with Crippen LogP contribution in [0.3, 0.4) is 0 Å². The summed E-state index contributed by atoms with van der Waals surface area (Å²) < 4.78 is 11.7. The van der Waals surface area contributed by atoms with Crippen molar-refractivity contribution in [3.63, 3.8) is 0 Å². The van der Waals surface area contributed by atoms with Crippen molar-refractivity contribution in [2.45, 2.75) is 44.6 Å². The van der Waals surface area contributed by atoms with Gasteiger partial charge in [0.05, 0.1) is 46.4 Å². The molecule has 1 aliphatic rings. The fourth-order valence-electron chi connectivity index (χ4n) is 4.71. The molecule has 3 rings (SSSR count). The lowest BCUT2D eigenvalue weighted by atomic mass is 10.00. The molecule has 1 aliphatic heterocycles. The third-order valence-corrected chi connectivity index (χ3v) is 6.34. The first-order chi connectivity index (χ1) is 14.1. The first kappa shape index (κ1) is 21.7. The highest BCUT2D eigenvalue weighted by atomic mass is 16.5. The molecule has 2 N–H and O–H groups in total. The average Bonchev–Trinajstić information content (AvgIpc) is 2.75. The summed E-state index contributed by atoms with van der Waals surface area (Å²) in [5, 5.41) is 0. The number of aryl methyl sites for hydroxylation is 2. The molecule has 1 fully saturated rings. The zero-order valence-electron chi connectivity index (χ0n) is 18.1. The molecule has 1 atom stereocenters. The van der Waals surface area contributed by atoms with E-state index in [1.165, 1.54) is 60.9 Å². The van der Waals surface area contributed by atoms with Crippen molar-refractivity contribution in [2.75, 3.05) is 40.4 Å². The van der Waals surface area contributed by atoms with E-state index in [4.69, 9.17) is 15.2 Å². The first-order valence-corrected chi connectivity index (χ1v) is 11.0. The van der Waals surface area contributed by atoms with E-state index in [-0.39, 0.29) is 0 Å². The summed E-state index contributed by atoms with van der Waals surface area (Å²) in [6, 6.07) is 17.4. The van der Waals surface area contributed by atoms with Crippen LogP contribution in [0.15, 0.2) is 48.5 Å². The predicted octanol–water partition coefficient (Wildman–Crippen LogP) is 4.21. The van der Waals surface area contributed by atoms with Gasteiger partial charge in [0.25, 0.3) is 0 Å². The number of piperidine rings is 1. The molecule has 2 aromatic carbocycles. The smallest absolute Gasteiger partial charge is 0.118 e. The van der Waals surface area contributed by atoms with Crippen molar-refractivity contribution < 1.29 is 14.0 Å². The molecule has 1 heterocycles. The van der Waals surface area contributed by atoms with Crippen molar-refractivity contribution >= 4 is 0 Å². The Morgan fingerprint density at radius 2 is 1.31 bits per heavy atom. The molecule has 0 spiro atoms. The molecule has 0 bridgehead atoms. The van der Waals surface area contributed by atoms with Gasteiger partial charge in [-0.1, -0.05) is 24.3 Å². The fourth-order valence-corrected chi connectivity index (χ4v) is 4.71.